The topological polar surface area (TPSA) is 71.4 Å². The summed E-state index contributed by atoms with van der Waals surface area (Å²) in [5, 5.41) is 4.25. The van der Waals surface area contributed by atoms with Gasteiger partial charge in [-0.2, -0.15) is 0 Å². The van der Waals surface area contributed by atoms with Crippen LogP contribution < -0.4 is 10.7 Å². The summed E-state index contributed by atoms with van der Waals surface area (Å²) >= 11 is 0. The van der Waals surface area contributed by atoms with E-state index in [1.54, 1.807) is 0 Å². The quantitative estimate of drug-likeness (QED) is 0.469. The average Bonchev–Trinajstić information content (AvgIpc) is 2.90. The number of nitrogens with zero attached hydrogens (tertiary/aromatic N) is 2. The molecule has 172 valence electrons. The third kappa shape index (κ3) is 4.31. The number of carbonyl (C=O) groups is 2. The van der Waals surface area contributed by atoms with Crippen molar-refractivity contribution >= 4 is 33.6 Å². The van der Waals surface area contributed by atoms with E-state index in [-0.39, 0.29) is 29.7 Å². The molecule has 0 aliphatic carbocycles. The fraction of sp³-hybridized carbons (Fsp3) is 0.250. The molecular weight excluding hydrogens is 426 g/mol. The highest BCUT2D eigenvalue weighted by Crippen LogP contribution is 2.22. The Hall–Kier alpha value is -3.93. The number of para-hydroxylation sites is 2. The van der Waals surface area contributed by atoms with Gasteiger partial charge in [0.15, 0.2) is 5.43 Å². The van der Waals surface area contributed by atoms with Gasteiger partial charge in [-0.25, -0.2) is 0 Å². The van der Waals surface area contributed by atoms with Gasteiger partial charge in [-0.1, -0.05) is 54.6 Å². The van der Waals surface area contributed by atoms with Gasteiger partial charge in [0.2, 0.25) is 11.8 Å². The second kappa shape index (κ2) is 9.51. The van der Waals surface area contributed by atoms with Crippen LogP contribution in [0.4, 0.5) is 0 Å². The Morgan fingerprint density at radius 1 is 0.794 bits per heavy atom. The second-order valence-electron chi connectivity index (χ2n) is 8.81. The summed E-state index contributed by atoms with van der Waals surface area (Å²) in [5.41, 5.74) is 2.57. The molecule has 3 aromatic carbocycles. The molecule has 0 atom stereocenters. The predicted molar refractivity (Wildman–Crippen MR) is 133 cm³/mol. The molecule has 0 spiro atoms. The van der Waals surface area contributed by atoms with Crippen molar-refractivity contribution in [3.05, 3.63) is 94.6 Å². The lowest BCUT2D eigenvalue weighted by Gasteiger charge is -2.32. The summed E-state index contributed by atoms with van der Waals surface area (Å²) in [7, 11) is 0. The zero-order valence-electron chi connectivity index (χ0n) is 18.9. The molecule has 5 rings (SSSR count). The Balaban J connectivity index is 1.27. The van der Waals surface area contributed by atoms with Crippen LogP contribution in [0.2, 0.25) is 0 Å². The van der Waals surface area contributed by atoms with E-state index in [1.807, 2.05) is 88.3 Å². The molecule has 1 aliphatic rings. The third-order valence-corrected chi connectivity index (χ3v) is 6.70. The number of hydrogen-bond donors (Lipinski definition) is 1. The molecule has 0 bridgehead atoms. The van der Waals surface area contributed by atoms with Gasteiger partial charge in [-0.05, 0) is 42.7 Å². The first-order valence-corrected chi connectivity index (χ1v) is 11.7. The van der Waals surface area contributed by atoms with Crippen molar-refractivity contribution in [2.45, 2.75) is 25.9 Å². The van der Waals surface area contributed by atoms with E-state index in [0.29, 0.717) is 43.2 Å². The van der Waals surface area contributed by atoms with E-state index in [2.05, 4.69) is 5.32 Å². The molecule has 4 aromatic rings. The number of piperidine rings is 1. The number of likely N-dealkylation sites (tertiary alicyclic amines) is 1. The van der Waals surface area contributed by atoms with Crippen molar-refractivity contribution in [1.82, 2.24) is 14.8 Å². The second-order valence-corrected chi connectivity index (χ2v) is 8.81. The standard InChI is InChI=1S/C28H27N3O3/c32-26(30-16-14-21(15-17-30)28(34)29-18-20-8-2-1-3-9-20)19-31-24-12-6-4-10-22(24)27(33)23-11-5-7-13-25(23)31/h1-13,21H,14-19H2,(H,29,34). The van der Waals surface area contributed by atoms with Crippen molar-refractivity contribution in [2.24, 2.45) is 5.92 Å². The Morgan fingerprint density at radius 3 is 1.97 bits per heavy atom. The van der Waals surface area contributed by atoms with E-state index >= 15 is 0 Å². The Labute approximate surface area is 197 Å². The van der Waals surface area contributed by atoms with Gasteiger partial charge < -0.3 is 14.8 Å². The van der Waals surface area contributed by atoms with Gasteiger partial charge in [-0.15, -0.1) is 0 Å². The highest BCUT2D eigenvalue weighted by molar-refractivity contribution is 5.95. The van der Waals surface area contributed by atoms with Crippen LogP contribution in [0.25, 0.3) is 21.8 Å². The lowest BCUT2D eigenvalue weighted by molar-refractivity contribution is -0.136. The summed E-state index contributed by atoms with van der Waals surface area (Å²) in [5.74, 6) is -0.0303. The van der Waals surface area contributed by atoms with Gasteiger partial charge in [0.25, 0.3) is 0 Å². The maximum Gasteiger partial charge on any atom is 0.242 e. The number of nitrogens with one attached hydrogen (secondary N) is 1. The van der Waals surface area contributed by atoms with Crippen LogP contribution >= 0.6 is 0 Å². The van der Waals surface area contributed by atoms with Crippen LogP contribution in [0.1, 0.15) is 18.4 Å². The zero-order chi connectivity index (χ0) is 23.5. The van der Waals surface area contributed by atoms with Gasteiger partial charge >= 0.3 is 0 Å². The van der Waals surface area contributed by atoms with Crippen LogP contribution in [-0.2, 0) is 22.7 Å². The molecule has 2 heterocycles. The van der Waals surface area contributed by atoms with Gasteiger partial charge in [-0.3, -0.25) is 14.4 Å². The molecule has 6 heteroatoms. The van der Waals surface area contributed by atoms with Crippen molar-refractivity contribution in [3.63, 3.8) is 0 Å². The lowest BCUT2D eigenvalue weighted by Crippen LogP contribution is -2.44. The summed E-state index contributed by atoms with van der Waals surface area (Å²) in [6.07, 6.45) is 1.30. The number of benzene rings is 3. The van der Waals surface area contributed by atoms with E-state index in [1.165, 1.54) is 0 Å². The van der Waals surface area contributed by atoms with Crippen molar-refractivity contribution in [1.29, 1.82) is 0 Å². The normalized spacial score (nSPS) is 14.4. The van der Waals surface area contributed by atoms with Crippen LogP contribution in [0.15, 0.2) is 83.7 Å². The predicted octanol–water partition coefficient (Wildman–Crippen LogP) is 3.71. The first kappa shape index (κ1) is 21.9. The fourth-order valence-electron chi connectivity index (χ4n) is 4.80. The Kier molecular flexibility index (Phi) is 6.12. The van der Waals surface area contributed by atoms with Crippen LogP contribution in [0.5, 0.6) is 0 Å². The molecule has 1 aliphatic heterocycles. The summed E-state index contributed by atoms with van der Waals surface area (Å²) in [4.78, 5) is 40.6. The van der Waals surface area contributed by atoms with Gasteiger partial charge in [0.05, 0.1) is 11.0 Å². The molecule has 1 saturated heterocycles. The van der Waals surface area contributed by atoms with Gasteiger partial charge in [0.1, 0.15) is 6.54 Å². The van der Waals surface area contributed by atoms with E-state index in [0.717, 1.165) is 16.6 Å². The highest BCUT2D eigenvalue weighted by Gasteiger charge is 2.27. The fourth-order valence-corrected chi connectivity index (χ4v) is 4.80. The lowest BCUT2D eigenvalue weighted by atomic mass is 9.95. The van der Waals surface area contributed by atoms with E-state index in [4.69, 9.17) is 0 Å². The molecule has 6 nitrogen and oxygen atoms in total. The molecule has 1 N–H and O–H groups in total. The Morgan fingerprint density at radius 2 is 1.35 bits per heavy atom. The number of amides is 2. The molecule has 0 saturated carbocycles. The zero-order valence-corrected chi connectivity index (χ0v) is 18.9. The van der Waals surface area contributed by atoms with Crippen LogP contribution in [-0.4, -0.2) is 34.4 Å². The number of fused-ring (bicyclic) bond motifs is 2. The number of aromatic nitrogens is 1. The molecular formula is C28H27N3O3. The minimum Gasteiger partial charge on any atom is -0.352 e. The molecule has 0 unspecified atom stereocenters. The minimum atomic E-state index is -0.0816. The summed E-state index contributed by atoms with van der Waals surface area (Å²) in [6, 6.07) is 24.7. The number of pyridine rings is 1. The monoisotopic (exact) mass is 453 g/mol. The van der Waals surface area contributed by atoms with E-state index in [9.17, 15) is 14.4 Å². The molecule has 1 aromatic heterocycles. The van der Waals surface area contributed by atoms with Crippen LogP contribution in [0, 0.1) is 5.92 Å². The van der Waals surface area contributed by atoms with E-state index < -0.39 is 0 Å². The summed E-state index contributed by atoms with van der Waals surface area (Å²) in [6.45, 7) is 1.79. The minimum absolute atomic E-state index is 0.00194. The third-order valence-electron chi connectivity index (χ3n) is 6.70. The molecule has 0 radical (unpaired) electrons. The molecule has 34 heavy (non-hydrogen) atoms. The number of rotatable bonds is 5. The summed E-state index contributed by atoms with van der Waals surface area (Å²) < 4.78 is 1.94. The smallest absolute Gasteiger partial charge is 0.242 e. The number of carbonyl (C=O) groups excluding carboxylic acids is 2. The highest BCUT2D eigenvalue weighted by atomic mass is 16.2. The number of hydrogen-bond acceptors (Lipinski definition) is 3. The van der Waals surface area contributed by atoms with Crippen molar-refractivity contribution in [3.8, 4) is 0 Å². The van der Waals surface area contributed by atoms with Crippen molar-refractivity contribution < 1.29 is 9.59 Å². The maximum atomic E-state index is 13.3. The molecule has 1 fully saturated rings. The van der Waals surface area contributed by atoms with Gasteiger partial charge in [0, 0.05) is 36.3 Å². The first-order valence-electron chi connectivity index (χ1n) is 11.7. The Bertz CT molecular complexity index is 1340. The SMILES string of the molecule is O=C(NCc1ccccc1)C1CCN(C(=O)Cn2c3ccccc3c(=O)c3ccccc32)CC1. The molecule has 2 amide bonds. The first-order chi connectivity index (χ1) is 16.6. The van der Waals surface area contributed by atoms with Crippen molar-refractivity contribution in [2.75, 3.05) is 13.1 Å². The van der Waals surface area contributed by atoms with Crippen LogP contribution in [0.3, 0.4) is 0 Å². The maximum absolute atomic E-state index is 13.3. The average molecular weight is 454 g/mol. The largest absolute Gasteiger partial charge is 0.352 e.